The van der Waals surface area contributed by atoms with Crippen molar-refractivity contribution in [2.45, 2.75) is 52.1 Å². The lowest BCUT2D eigenvalue weighted by atomic mass is 10.1. The molecule has 7 nitrogen and oxygen atoms in total. The molecule has 0 saturated carbocycles. The normalized spacial score (nSPS) is 20.9. The summed E-state index contributed by atoms with van der Waals surface area (Å²) in [6.07, 6.45) is 3.48. The van der Waals surface area contributed by atoms with Gasteiger partial charge in [0.25, 0.3) is 0 Å². The van der Waals surface area contributed by atoms with E-state index in [1.807, 2.05) is 19.9 Å². The summed E-state index contributed by atoms with van der Waals surface area (Å²) < 4.78 is 5.64. The lowest BCUT2D eigenvalue weighted by Crippen LogP contribution is -2.41. The van der Waals surface area contributed by atoms with Crippen LogP contribution in [0.2, 0.25) is 0 Å². The van der Waals surface area contributed by atoms with Gasteiger partial charge in [0.1, 0.15) is 17.7 Å². The second-order valence-electron chi connectivity index (χ2n) is 6.85. The number of rotatable bonds is 5. The van der Waals surface area contributed by atoms with E-state index in [0.717, 1.165) is 49.7 Å². The second-order valence-corrected chi connectivity index (χ2v) is 6.85. The first-order valence-electron chi connectivity index (χ1n) is 9.06. The number of ether oxygens (including phenoxy) is 1. The Labute approximate surface area is 148 Å². The van der Waals surface area contributed by atoms with E-state index in [1.54, 1.807) is 4.90 Å². The van der Waals surface area contributed by atoms with Crippen molar-refractivity contribution in [2.75, 3.05) is 31.1 Å². The Hall–Kier alpha value is -2.18. The third-order valence-corrected chi connectivity index (χ3v) is 4.71. The molecule has 3 heterocycles. The van der Waals surface area contributed by atoms with Crippen molar-refractivity contribution in [2.24, 2.45) is 0 Å². The number of hydrogen-bond acceptors (Lipinski definition) is 6. The minimum atomic E-state index is -0.221. The number of esters is 1. The topological polar surface area (TPSA) is 75.6 Å². The Morgan fingerprint density at radius 2 is 2.12 bits per heavy atom. The van der Waals surface area contributed by atoms with E-state index in [-0.39, 0.29) is 24.4 Å². The van der Waals surface area contributed by atoms with Gasteiger partial charge in [-0.3, -0.25) is 9.59 Å². The lowest BCUT2D eigenvalue weighted by molar-refractivity contribution is -0.149. The van der Waals surface area contributed by atoms with Crippen molar-refractivity contribution in [1.82, 2.24) is 14.9 Å². The van der Waals surface area contributed by atoms with E-state index in [9.17, 15) is 9.59 Å². The second kappa shape index (κ2) is 7.80. The van der Waals surface area contributed by atoms with Crippen molar-refractivity contribution in [3.8, 4) is 0 Å². The lowest BCUT2D eigenvalue weighted by Gasteiger charge is -2.33. The van der Waals surface area contributed by atoms with Crippen LogP contribution in [0.25, 0.3) is 0 Å². The van der Waals surface area contributed by atoms with Crippen LogP contribution >= 0.6 is 0 Å². The molecule has 25 heavy (non-hydrogen) atoms. The van der Waals surface area contributed by atoms with Crippen LogP contribution in [-0.2, 0) is 14.3 Å². The molecule has 0 unspecified atom stereocenters. The summed E-state index contributed by atoms with van der Waals surface area (Å²) in [5.74, 6) is 1.57. The van der Waals surface area contributed by atoms with Gasteiger partial charge in [-0.15, -0.1) is 0 Å². The van der Waals surface area contributed by atoms with Gasteiger partial charge in [0.05, 0.1) is 13.0 Å². The monoisotopic (exact) mass is 346 g/mol. The minimum absolute atomic E-state index is 0.119. The Morgan fingerprint density at radius 3 is 2.84 bits per heavy atom. The summed E-state index contributed by atoms with van der Waals surface area (Å²) >= 11 is 0. The first-order chi connectivity index (χ1) is 12.0. The number of anilines is 1. The van der Waals surface area contributed by atoms with Crippen LogP contribution in [0.4, 0.5) is 5.82 Å². The zero-order valence-electron chi connectivity index (χ0n) is 15.0. The molecular formula is C18H26N4O3. The largest absolute Gasteiger partial charge is 0.460 e. The summed E-state index contributed by atoms with van der Waals surface area (Å²) in [5.41, 5.74) is 0.942. The van der Waals surface area contributed by atoms with Gasteiger partial charge in [-0.25, -0.2) is 9.97 Å². The van der Waals surface area contributed by atoms with Gasteiger partial charge in [-0.1, -0.05) is 0 Å². The van der Waals surface area contributed by atoms with Crippen LogP contribution in [0.1, 0.15) is 43.6 Å². The van der Waals surface area contributed by atoms with E-state index >= 15 is 0 Å². The minimum Gasteiger partial charge on any atom is -0.460 e. The average Bonchev–Trinajstić information content (AvgIpc) is 2.97. The maximum Gasteiger partial charge on any atom is 0.307 e. The van der Waals surface area contributed by atoms with Crippen LogP contribution in [-0.4, -0.2) is 59.0 Å². The molecule has 0 radical (unpaired) electrons. The van der Waals surface area contributed by atoms with E-state index in [0.29, 0.717) is 19.5 Å². The van der Waals surface area contributed by atoms with Gasteiger partial charge in [-0.2, -0.15) is 0 Å². The molecule has 0 N–H and O–H groups in total. The number of piperidine rings is 1. The molecule has 2 saturated heterocycles. The molecule has 0 aromatic carbocycles. The van der Waals surface area contributed by atoms with Crippen LogP contribution < -0.4 is 4.90 Å². The van der Waals surface area contributed by atoms with Gasteiger partial charge >= 0.3 is 5.97 Å². The van der Waals surface area contributed by atoms with Crippen molar-refractivity contribution in [3.05, 3.63) is 17.6 Å². The summed E-state index contributed by atoms with van der Waals surface area (Å²) in [6, 6.07) is 1.97. The van der Waals surface area contributed by atoms with E-state index in [1.165, 1.54) is 0 Å². The maximum absolute atomic E-state index is 12.1. The number of carbonyl (C=O) groups excluding carboxylic acids is 2. The Balaban J connectivity index is 1.51. The third-order valence-electron chi connectivity index (χ3n) is 4.71. The first-order valence-corrected chi connectivity index (χ1v) is 9.06. The molecule has 1 atom stereocenters. The summed E-state index contributed by atoms with van der Waals surface area (Å²) in [5, 5.41) is 0. The van der Waals surface area contributed by atoms with Crippen molar-refractivity contribution in [3.63, 3.8) is 0 Å². The standard InChI is InChI=1S/C18H26N4O3/c1-13-11-16(20-14(2)19-13)22-9-3-5-15(12-22)25-18(24)7-10-21-8-4-6-17(21)23/h11,15H,3-10,12H2,1-2H3/t15-/m1/s1. The van der Waals surface area contributed by atoms with Crippen molar-refractivity contribution in [1.29, 1.82) is 0 Å². The number of aromatic nitrogens is 2. The Kier molecular flexibility index (Phi) is 5.50. The Bertz CT molecular complexity index is 629. The highest BCUT2D eigenvalue weighted by atomic mass is 16.5. The van der Waals surface area contributed by atoms with Crippen LogP contribution in [0, 0.1) is 13.8 Å². The van der Waals surface area contributed by atoms with Crippen molar-refractivity contribution < 1.29 is 14.3 Å². The highest BCUT2D eigenvalue weighted by molar-refractivity contribution is 5.79. The number of hydrogen-bond donors (Lipinski definition) is 0. The predicted molar refractivity (Wildman–Crippen MR) is 93.3 cm³/mol. The van der Waals surface area contributed by atoms with Gasteiger partial charge < -0.3 is 14.5 Å². The average molecular weight is 346 g/mol. The summed E-state index contributed by atoms with van der Waals surface area (Å²) in [4.78, 5) is 36.4. The molecule has 0 aliphatic carbocycles. The quantitative estimate of drug-likeness (QED) is 0.754. The summed E-state index contributed by atoms with van der Waals surface area (Å²) in [7, 11) is 0. The van der Waals surface area contributed by atoms with E-state index in [4.69, 9.17) is 4.74 Å². The van der Waals surface area contributed by atoms with Gasteiger partial charge in [0.2, 0.25) is 5.91 Å². The molecule has 3 rings (SSSR count). The molecule has 0 bridgehead atoms. The highest BCUT2D eigenvalue weighted by Crippen LogP contribution is 2.21. The Morgan fingerprint density at radius 1 is 1.28 bits per heavy atom. The van der Waals surface area contributed by atoms with Crippen molar-refractivity contribution >= 4 is 17.7 Å². The van der Waals surface area contributed by atoms with Crippen LogP contribution in [0.15, 0.2) is 6.07 Å². The molecule has 136 valence electrons. The SMILES string of the molecule is Cc1cc(N2CCC[C@@H](OC(=O)CCN3CCCC3=O)C2)nc(C)n1. The number of nitrogens with zero attached hydrogens (tertiary/aromatic N) is 4. The molecule has 0 spiro atoms. The van der Waals surface area contributed by atoms with Gasteiger partial charge in [-0.05, 0) is 33.1 Å². The fraction of sp³-hybridized carbons (Fsp3) is 0.667. The fourth-order valence-corrected chi connectivity index (χ4v) is 3.51. The molecule has 2 aliphatic rings. The molecule has 1 amide bonds. The van der Waals surface area contributed by atoms with E-state index < -0.39 is 0 Å². The number of amides is 1. The number of aryl methyl sites for hydroxylation is 2. The highest BCUT2D eigenvalue weighted by Gasteiger charge is 2.25. The zero-order chi connectivity index (χ0) is 17.8. The molecule has 7 heteroatoms. The van der Waals surface area contributed by atoms with Gasteiger partial charge in [0.15, 0.2) is 0 Å². The fourth-order valence-electron chi connectivity index (χ4n) is 3.51. The first kappa shape index (κ1) is 17.6. The number of likely N-dealkylation sites (tertiary alicyclic amines) is 1. The molecular weight excluding hydrogens is 320 g/mol. The number of carbonyl (C=O) groups is 2. The zero-order valence-corrected chi connectivity index (χ0v) is 15.0. The molecule has 1 aromatic rings. The molecule has 2 aliphatic heterocycles. The maximum atomic E-state index is 12.1. The summed E-state index contributed by atoms with van der Waals surface area (Å²) in [6.45, 7) is 6.64. The van der Waals surface area contributed by atoms with Crippen LogP contribution in [0.3, 0.4) is 0 Å². The van der Waals surface area contributed by atoms with Gasteiger partial charge in [0, 0.05) is 37.8 Å². The third kappa shape index (κ3) is 4.67. The predicted octanol–water partition coefficient (Wildman–Crippen LogP) is 1.62. The smallest absolute Gasteiger partial charge is 0.307 e. The molecule has 2 fully saturated rings. The molecule has 1 aromatic heterocycles. The van der Waals surface area contributed by atoms with E-state index in [2.05, 4.69) is 14.9 Å². The van der Waals surface area contributed by atoms with Crippen LogP contribution in [0.5, 0.6) is 0 Å².